The molecule has 0 saturated carbocycles. The molecule has 1 aromatic carbocycles. The van der Waals surface area contributed by atoms with Gasteiger partial charge in [0.25, 0.3) is 5.91 Å². The van der Waals surface area contributed by atoms with Crippen LogP contribution in [0.5, 0.6) is 0 Å². The van der Waals surface area contributed by atoms with Crippen molar-refractivity contribution in [1.29, 1.82) is 0 Å². The van der Waals surface area contributed by atoms with Crippen LogP contribution in [0, 0.1) is 5.92 Å². The Balaban J connectivity index is 2.31. The fraction of sp³-hybridized carbons (Fsp3) is 0.471. The van der Waals surface area contributed by atoms with Crippen LogP contribution in [0.25, 0.3) is 0 Å². The number of esters is 1. The van der Waals surface area contributed by atoms with Gasteiger partial charge in [-0.25, -0.2) is 0 Å². The fourth-order valence-corrected chi connectivity index (χ4v) is 1.82. The Morgan fingerprint density at radius 1 is 1.08 bits per heavy atom. The second-order valence-corrected chi connectivity index (χ2v) is 5.99. The lowest BCUT2D eigenvalue weighted by molar-refractivity contribution is -0.147. The van der Waals surface area contributed by atoms with Crippen LogP contribution >= 0.6 is 0 Å². The molecule has 0 unspecified atom stereocenters. The highest BCUT2D eigenvalue weighted by atomic mass is 19.4. The Bertz CT molecular complexity index is 628. The third kappa shape index (κ3) is 8.50. The van der Waals surface area contributed by atoms with Crippen molar-refractivity contribution < 1.29 is 32.3 Å². The summed E-state index contributed by atoms with van der Waals surface area (Å²) in [5, 5.41) is 4.68. The van der Waals surface area contributed by atoms with Crippen LogP contribution in [0.1, 0.15) is 32.3 Å². The van der Waals surface area contributed by atoms with Crippen molar-refractivity contribution in [2.24, 2.45) is 5.92 Å². The molecule has 1 rings (SSSR count). The summed E-state index contributed by atoms with van der Waals surface area (Å²) in [6.07, 6.45) is -3.48. The maximum Gasteiger partial charge on any atom is 0.416 e. The van der Waals surface area contributed by atoms with Crippen molar-refractivity contribution in [3.05, 3.63) is 29.8 Å². The zero-order valence-corrected chi connectivity index (χ0v) is 14.5. The van der Waals surface area contributed by atoms with Gasteiger partial charge < -0.3 is 15.4 Å². The summed E-state index contributed by atoms with van der Waals surface area (Å²) in [5.74, 6) is -1.42. The molecule has 0 aromatic heterocycles. The molecule has 0 aliphatic heterocycles. The summed E-state index contributed by atoms with van der Waals surface area (Å²) in [4.78, 5) is 34.5. The van der Waals surface area contributed by atoms with Crippen molar-refractivity contribution in [3.63, 3.8) is 0 Å². The first-order valence-electron chi connectivity index (χ1n) is 7.97. The Labute approximate surface area is 149 Å². The molecule has 26 heavy (non-hydrogen) atoms. The van der Waals surface area contributed by atoms with Crippen LogP contribution in [0.2, 0.25) is 0 Å². The topological polar surface area (TPSA) is 84.5 Å². The molecule has 0 saturated heterocycles. The van der Waals surface area contributed by atoms with Gasteiger partial charge in [0.15, 0.2) is 6.61 Å². The van der Waals surface area contributed by atoms with Gasteiger partial charge in [-0.15, -0.1) is 0 Å². The van der Waals surface area contributed by atoms with Crippen molar-refractivity contribution >= 4 is 23.5 Å². The van der Waals surface area contributed by atoms with Gasteiger partial charge in [0, 0.05) is 12.1 Å². The minimum atomic E-state index is -4.46. The van der Waals surface area contributed by atoms with Gasteiger partial charge in [-0.05, 0) is 36.6 Å². The average Bonchev–Trinajstić information content (AvgIpc) is 2.56. The summed E-state index contributed by atoms with van der Waals surface area (Å²) in [7, 11) is 0. The molecule has 0 spiro atoms. The van der Waals surface area contributed by atoms with E-state index in [-0.39, 0.29) is 18.1 Å². The SMILES string of the molecule is CC(C)CCC(=O)NCC(=O)OCC(=O)Nc1ccc(C(F)(F)F)cc1. The van der Waals surface area contributed by atoms with Crippen LogP contribution < -0.4 is 10.6 Å². The molecular formula is C17H21F3N2O4. The number of anilines is 1. The normalized spacial score (nSPS) is 11.2. The number of nitrogens with one attached hydrogen (secondary N) is 2. The monoisotopic (exact) mass is 374 g/mol. The van der Waals surface area contributed by atoms with Gasteiger partial charge in [0.05, 0.1) is 5.56 Å². The number of hydrogen-bond acceptors (Lipinski definition) is 4. The summed E-state index contributed by atoms with van der Waals surface area (Å²) >= 11 is 0. The highest BCUT2D eigenvalue weighted by molar-refractivity contribution is 5.93. The Morgan fingerprint density at radius 3 is 2.23 bits per heavy atom. The van der Waals surface area contributed by atoms with Crippen LogP contribution in [0.4, 0.5) is 18.9 Å². The first-order chi connectivity index (χ1) is 12.1. The maximum atomic E-state index is 12.4. The third-order valence-electron chi connectivity index (χ3n) is 3.24. The summed E-state index contributed by atoms with van der Waals surface area (Å²) in [6.45, 7) is 2.97. The van der Waals surface area contributed by atoms with E-state index in [4.69, 9.17) is 0 Å². The van der Waals surface area contributed by atoms with E-state index in [0.29, 0.717) is 18.8 Å². The zero-order valence-electron chi connectivity index (χ0n) is 14.5. The number of hydrogen-bond donors (Lipinski definition) is 2. The average molecular weight is 374 g/mol. The number of carbonyl (C=O) groups excluding carboxylic acids is 3. The third-order valence-corrected chi connectivity index (χ3v) is 3.24. The second-order valence-electron chi connectivity index (χ2n) is 5.99. The molecule has 0 heterocycles. The molecule has 0 aliphatic rings. The van der Waals surface area contributed by atoms with Crippen LogP contribution in [0.3, 0.4) is 0 Å². The Hall–Kier alpha value is -2.58. The standard InChI is InChI=1S/C17H21F3N2O4/c1-11(2)3-8-14(23)21-9-16(25)26-10-15(24)22-13-6-4-12(5-7-13)17(18,19)20/h4-7,11H,3,8-10H2,1-2H3,(H,21,23)(H,22,24). The molecule has 6 nitrogen and oxygen atoms in total. The van der Waals surface area contributed by atoms with Crippen molar-refractivity contribution in [1.82, 2.24) is 5.32 Å². The number of halogens is 3. The molecule has 9 heteroatoms. The van der Waals surface area contributed by atoms with E-state index in [9.17, 15) is 27.6 Å². The molecule has 0 fully saturated rings. The Morgan fingerprint density at radius 2 is 1.69 bits per heavy atom. The number of carbonyl (C=O) groups is 3. The van der Waals surface area contributed by atoms with Gasteiger partial charge in [0.2, 0.25) is 5.91 Å². The molecule has 2 amide bonds. The number of benzene rings is 1. The van der Waals surface area contributed by atoms with Gasteiger partial charge >= 0.3 is 12.1 Å². The van der Waals surface area contributed by atoms with E-state index < -0.39 is 30.2 Å². The van der Waals surface area contributed by atoms with Crippen LogP contribution in [-0.2, 0) is 25.3 Å². The Kier molecular flexibility index (Phi) is 8.08. The van der Waals surface area contributed by atoms with Gasteiger partial charge in [-0.1, -0.05) is 13.8 Å². The van der Waals surface area contributed by atoms with Gasteiger partial charge in [-0.3, -0.25) is 14.4 Å². The number of rotatable bonds is 8. The van der Waals surface area contributed by atoms with E-state index in [1.54, 1.807) is 0 Å². The zero-order chi connectivity index (χ0) is 19.7. The second kappa shape index (κ2) is 9.79. The van der Waals surface area contributed by atoms with E-state index in [0.717, 1.165) is 24.3 Å². The number of alkyl halides is 3. The summed E-state index contributed by atoms with van der Waals surface area (Å²) in [5.41, 5.74) is -0.698. The molecule has 144 valence electrons. The molecule has 1 aromatic rings. The molecule has 2 N–H and O–H groups in total. The smallest absolute Gasteiger partial charge is 0.416 e. The summed E-state index contributed by atoms with van der Waals surface area (Å²) < 4.78 is 42.0. The quantitative estimate of drug-likeness (QED) is 0.686. The molecule has 0 aliphatic carbocycles. The van der Waals surface area contributed by atoms with E-state index >= 15 is 0 Å². The van der Waals surface area contributed by atoms with Crippen molar-refractivity contribution in [2.45, 2.75) is 32.9 Å². The highest BCUT2D eigenvalue weighted by Gasteiger charge is 2.29. The lowest BCUT2D eigenvalue weighted by atomic mass is 10.1. The molecule has 0 bridgehead atoms. The lowest BCUT2D eigenvalue weighted by Crippen LogP contribution is -2.32. The summed E-state index contributed by atoms with van der Waals surface area (Å²) in [6, 6.07) is 3.84. The first-order valence-corrected chi connectivity index (χ1v) is 7.97. The van der Waals surface area contributed by atoms with Crippen LogP contribution in [-0.4, -0.2) is 30.9 Å². The van der Waals surface area contributed by atoms with E-state index in [1.807, 2.05) is 13.8 Å². The maximum absolute atomic E-state index is 12.4. The number of amides is 2. The van der Waals surface area contributed by atoms with Crippen molar-refractivity contribution in [3.8, 4) is 0 Å². The van der Waals surface area contributed by atoms with Gasteiger partial charge in [0.1, 0.15) is 6.54 Å². The van der Waals surface area contributed by atoms with Crippen LogP contribution in [0.15, 0.2) is 24.3 Å². The predicted octanol–water partition coefficient (Wildman–Crippen LogP) is 2.74. The molecule has 0 radical (unpaired) electrons. The molecule has 0 atom stereocenters. The highest BCUT2D eigenvalue weighted by Crippen LogP contribution is 2.29. The minimum Gasteiger partial charge on any atom is -0.454 e. The van der Waals surface area contributed by atoms with E-state index in [1.165, 1.54) is 0 Å². The minimum absolute atomic E-state index is 0.140. The predicted molar refractivity (Wildman–Crippen MR) is 88.1 cm³/mol. The number of ether oxygens (including phenoxy) is 1. The molecular weight excluding hydrogens is 353 g/mol. The van der Waals surface area contributed by atoms with Crippen molar-refractivity contribution in [2.75, 3.05) is 18.5 Å². The largest absolute Gasteiger partial charge is 0.454 e. The first kappa shape index (κ1) is 21.5. The van der Waals surface area contributed by atoms with Gasteiger partial charge in [-0.2, -0.15) is 13.2 Å². The lowest BCUT2D eigenvalue weighted by Gasteiger charge is -2.09. The van der Waals surface area contributed by atoms with E-state index in [2.05, 4.69) is 15.4 Å². The fourth-order valence-electron chi connectivity index (χ4n) is 1.82.